The lowest BCUT2D eigenvalue weighted by molar-refractivity contribution is -0.139. The maximum atomic E-state index is 11.3. The minimum absolute atomic E-state index is 0.115. The first-order valence-corrected chi connectivity index (χ1v) is 6.40. The molecule has 0 aromatic heterocycles. The van der Waals surface area contributed by atoms with Gasteiger partial charge in [0.2, 0.25) is 15.9 Å². The van der Waals surface area contributed by atoms with Gasteiger partial charge in [0.25, 0.3) is 0 Å². The number of aliphatic carboxylic acids is 1. The van der Waals surface area contributed by atoms with Crippen LogP contribution in [0.5, 0.6) is 0 Å². The van der Waals surface area contributed by atoms with Crippen molar-refractivity contribution in [2.24, 2.45) is 5.14 Å². The Morgan fingerprint density at radius 2 is 2.00 bits per heavy atom. The molecule has 0 aliphatic heterocycles. The number of primary sulfonamides is 1. The molecule has 0 atom stereocenters. The van der Waals surface area contributed by atoms with E-state index in [-0.39, 0.29) is 16.1 Å². The largest absolute Gasteiger partial charge is 0.481 e. The van der Waals surface area contributed by atoms with Crippen LogP contribution in [0.4, 0.5) is 5.69 Å². The Bertz CT molecular complexity index is 594. The molecule has 0 unspecified atom stereocenters. The lowest BCUT2D eigenvalue weighted by atomic mass is 10.2. The van der Waals surface area contributed by atoms with Crippen LogP contribution in [0.3, 0.4) is 0 Å². The zero-order valence-electron chi connectivity index (χ0n) is 9.50. The highest BCUT2D eigenvalue weighted by Gasteiger charge is 2.15. The summed E-state index contributed by atoms with van der Waals surface area (Å²) in [6, 6.07) is 4.17. The zero-order valence-corrected chi connectivity index (χ0v) is 10.3. The lowest BCUT2D eigenvalue weighted by Crippen LogP contribution is -2.18. The van der Waals surface area contributed by atoms with Crippen LogP contribution in [0, 0.1) is 6.92 Å². The lowest BCUT2D eigenvalue weighted by Gasteiger charge is -2.10. The SMILES string of the molecule is Cc1c(NC(=O)CC(=O)O)cccc1S(N)(=O)=O. The van der Waals surface area contributed by atoms with Crippen LogP contribution in [-0.2, 0) is 19.6 Å². The van der Waals surface area contributed by atoms with Crippen LogP contribution in [-0.4, -0.2) is 25.4 Å². The molecule has 1 aromatic rings. The summed E-state index contributed by atoms with van der Waals surface area (Å²) >= 11 is 0. The first-order chi connectivity index (χ1) is 8.21. The Morgan fingerprint density at radius 3 is 2.50 bits per heavy atom. The van der Waals surface area contributed by atoms with Crippen molar-refractivity contribution in [2.45, 2.75) is 18.2 Å². The van der Waals surface area contributed by atoms with E-state index >= 15 is 0 Å². The summed E-state index contributed by atoms with van der Waals surface area (Å²) < 4.78 is 22.5. The molecule has 0 radical (unpaired) electrons. The summed E-state index contributed by atoms with van der Waals surface area (Å²) in [5, 5.41) is 15.8. The second kappa shape index (κ2) is 5.15. The van der Waals surface area contributed by atoms with Crippen molar-refractivity contribution in [3.8, 4) is 0 Å². The van der Waals surface area contributed by atoms with Gasteiger partial charge >= 0.3 is 5.97 Å². The Morgan fingerprint density at radius 1 is 1.39 bits per heavy atom. The van der Waals surface area contributed by atoms with Crippen molar-refractivity contribution in [3.63, 3.8) is 0 Å². The summed E-state index contributed by atoms with van der Waals surface area (Å²) in [6.07, 6.45) is -0.695. The molecule has 1 aromatic carbocycles. The number of carboxylic acids is 1. The molecule has 0 aliphatic carbocycles. The normalized spacial score (nSPS) is 11.0. The number of benzene rings is 1. The Hall–Kier alpha value is -1.93. The fraction of sp³-hybridized carbons (Fsp3) is 0.200. The van der Waals surface area contributed by atoms with Gasteiger partial charge in [0.15, 0.2) is 0 Å². The van der Waals surface area contributed by atoms with Gasteiger partial charge in [-0.3, -0.25) is 9.59 Å². The topological polar surface area (TPSA) is 127 Å². The summed E-state index contributed by atoms with van der Waals surface area (Å²) in [5.41, 5.74) is 0.478. The molecule has 0 heterocycles. The van der Waals surface area contributed by atoms with Crippen molar-refractivity contribution < 1.29 is 23.1 Å². The fourth-order valence-electron chi connectivity index (χ4n) is 1.39. The quantitative estimate of drug-likeness (QED) is 0.668. The second-order valence-corrected chi connectivity index (χ2v) is 5.12. The smallest absolute Gasteiger partial charge is 0.312 e. The average molecular weight is 272 g/mol. The number of rotatable bonds is 4. The average Bonchev–Trinajstić information content (AvgIpc) is 2.18. The van der Waals surface area contributed by atoms with E-state index in [4.69, 9.17) is 10.2 Å². The van der Waals surface area contributed by atoms with Crippen LogP contribution in [0.15, 0.2) is 23.1 Å². The van der Waals surface area contributed by atoms with Gasteiger partial charge in [0, 0.05) is 5.69 Å². The molecule has 0 bridgehead atoms. The first-order valence-electron chi connectivity index (χ1n) is 4.86. The van der Waals surface area contributed by atoms with Crippen LogP contribution in [0.2, 0.25) is 0 Å². The molecule has 1 rings (SSSR count). The maximum Gasteiger partial charge on any atom is 0.312 e. The molecule has 0 saturated carbocycles. The van der Waals surface area contributed by atoms with Crippen LogP contribution in [0.1, 0.15) is 12.0 Å². The number of nitrogens with one attached hydrogen (secondary N) is 1. The number of hydrogen-bond donors (Lipinski definition) is 3. The number of nitrogens with two attached hydrogens (primary N) is 1. The van der Waals surface area contributed by atoms with E-state index in [0.29, 0.717) is 0 Å². The fourth-order valence-corrected chi connectivity index (χ4v) is 2.19. The maximum absolute atomic E-state index is 11.3. The molecular weight excluding hydrogens is 260 g/mol. The number of carbonyl (C=O) groups is 2. The molecule has 4 N–H and O–H groups in total. The van der Waals surface area contributed by atoms with E-state index in [9.17, 15) is 18.0 Å². The Kier molecular flexibility index (Phi) is 4.04. The van der Waals surface area contributed by atoms with Crippen LogP contribution < -0.4 is 10.5 Å². The Balaban J connectivity index is 3.06. The van der Waals surface area contributed by atoms with Crippen LogP contribution in [0.25, 0.3) is 0 Å². The predicted molar refractivity (Wildman–Crippen MR) is 63.4 cm³/mol. The van der Waals surface area contributed by atoms with Crippen molar-refractivity contribution in [3.05, 3.63) is 23.8 Å². The minimum Gasteiger partial charge on any atom is -0.481 e. The predicted octanol–water partition coefficient (Wildman–Crippen LogP) is 0.0556. The molecule has 98 valence electrons. The van der Waals surface area contributed by atoms with Crippen molar-refractivity contribution in [1.82, 2.24) is 0 Å². The van der Waals surface area contributed by atoms with Gasteiger partial charge in [-0.2, -0.15) is 0 Å². The number of carboxylic acid groups (broad SMARTS) is 1. The van der Waals surface area contributed by atoms with Crippen molar-refractivity contribution >= 4 is 27.6 Å². The van der Waals surface area contributed by atoms with Crippen LogP contribution >= 0.6 is 0 Å². The van der Waals surface area contributed by atoms with Gasteiger partial charge in [-0.05, 0) is 24.6 Å². The van der Waals surface area contributed by atoms with Gasteiger partial charge < -0.3 is 10.4 Å². The van der Waals surface area contributed by atoms with E-state index in [0.717, 1.165) is 0 Å². The summed E-state index contributed by atoms with van der Waals surface area (Å²) in [4.78, 5) is 21.5. The number of carbonyl (C=O) groups excluding carboxylic acids is 1. The number of hydrogen-bond acceptors (Lipinski definition) is 4. The van der Waals surface area contributed by atoms with Crippen molar-refractivity contribution in [1.29, 1.82) is 0 Å². The molecule has 0 spiro atoms. The van der Waals surface area contributed by atoms with Gasteiger partial charge in [-0.15, -0.1) is 0 Å². The standard InChI is InChI=1S/C10H12N2O5S/c1-6-7(12-9(13)5-10(14)15)3-2-4-8(6)18(11,16)17/h2-4H,5H2,1H3,(H,12,13)(H,14,15)(H2,11,16,17). The first kappa shape index (κ1) is 14.1. The second-order valence-electron chi connectivity index (χ2n) is 3.59. The van der Waals surface area contributed by atoms with Gasteiger partial charge in [-0.1, -0.05) is 6.07 Å². The van der Waals surface area contributed by atoms with E-state index in [1.807, 2.05) is 0 Å². The highest BCUT2D eigenvalue weighted by Crippen LogP contribution is 2.21. The third-order valence-electron chi connectivity index (χ3n) is 2.18. The van der Waals surface area contributed by atoms with Crippen molar-refractivity contribution in [2.75, 3.05) is 5.32 Å². The highest BCUT2D eigenvalue weighted by atomic mass is 32.2. The summed E-state index contributed by atoms with van der Waals surface area (Å²) in [6.45, 7) is 1.47. The third-order valence-corrected chi connectivity index (χ3v) is 3.23. The zero-order chi connectivity index (χ0) is 13.9. The number of sulfonamides is 1. The van der Waals surface area contributed by atoms with Gasteiger partial charge in [0.1, 0.15) is 6.42 Å². The molecule has 0 aliphatic rings. The Labute approximate surface area is 104 Å². The van der Waals surface area contributed by atoms with E-state index in [1.165, 1.54) is 25.1 Å². The van der Waals surface area contributed by atoms with E-state index in [1.54, 1.807) is 0 Å². The van der Waals surface area contributed by atoms with Gasteiger partial charge in [0.05, 0.1) is 4.90 Å². The monoisotopic (exact) mass is 272 g/mol. The molecule has 0 fully saturated rings. The van der Waals surface area contributed by atoms with E-state index < -0.39 is 28.3 Å². The van der Waals surface area contributed by atoms with Gasteiger partial charge in [-0.25, -0.2) is 13.6 Å². The third kappa shape index (κ3) is 3.54. The summed E-state index contributed by atoms with van der Waals surface area (Å²) in [5.74, 6) is -2.01. The summed E-state index contributed by atoms with van der Waals surface area (Å²) in [7, 11) is -3.88. The number of amides is 1. The molecule has 18 heavy (non-hydrogen) atoms. The molecule has 8 heteroatoms. The van der Waals surface area contributed by atoms with E-state index in [2.05, 4.69) is 5.32 Å². The molecule has 0 saturated heterocycles. The number of anilines is 1. The highest BCUT2D eigenvalue weighted by molar-refractivity contribution is 7.89. The molecular formula is C10H12N2O5S. The molecule has 1 amide bonds. The minimum atomic E-state index is -3.88. The molecule has 7 nitrogen and oxygen atoms in total.